The maximum atomic E-state index is 13.0. The summed E-state index contributed by atoms with van der Waals surface area (Å²) in [4.78, 5) is 0. The Kier molecular flexibility index (Phi) is 4.28. The molecule has 0 aliphatic carbocycles. The second-order valence-electron chi connectivity index (χ2n) is 2.59. The smallest absolute Gasteiger partial charge is 0.266 e. The zero-order valence-electron chi connectivity index (χ0n) is 7.47. The van der Waals surface area contributed by atoms with Gasteiger partial charge in [-0.25, -0.2) is 13.2 Å². The van der Waals surface area contributed by atoms with Crippen LogP contribution in [-0.4, -0.2) is 6.26 Å². The molecule has 0 spiro atoms. The van der Waals surface area contributed by atoms with Gasteiger partial charge in [-0.3, -0.25) is 0 Å². The number of alkyl halides is 2. The average molecular weight is 222 g/mol. The molecule has 0 aliphatic rings. The minimum Gasteiger partial charge on any atom is -0.311 e. The molecule has 0 N–H and O–H groups in total. The third-order valence-electron chi connectivity index (χ3n) is 1.64. The second-order valence-corrected chi connectivity index (χ2v) is 3.15. The van der Waals surface area contributed by atoms with Gasteiger partial charge in [0.2, 0.25) is 0 Å². The average Bonchev–Trinajstić information content (AvgIpc) is 2.14. The van der Waals surface area contributed by atoms with E-state index in [-0.39, 0.29) is 6.61 Å². The number of hydrogen-bond donors (Lipinski definition) is 0. The molecule has 0 aliphatic heterocycles. The first-order valence-corrected chi connectivity index (χ1v) is 5.02. The van der Waals surface area contributed by atoms with Crippen LogP contribution in [0.5, 0.6) is 0 Å². The van der Waals surface area contributed by atoms with E-state index in [2.05, 4.69) is 0 Å². The van der Waals surface area contributed by atoms with E-state index in [0.717, 1.165) is 24.2 Å². The SMILES string of the molecule is CSOCc1ccc(C(F)F)c(F)c1. The molecule has 0 amide bonds. The molecule has 1 rings (SSSR count). The third kappa shape index (κ3) is 2.92. The molecule has 0 unspecified atom stereocenters. The van der Waals surface area contributed by atoms with Crippen molar-refractivity contribution in [3.05, 3.63) is 35.1 Å². The molecular weight excluding hydrogens is 213 g/mol. The maximum absolute atomic E-state index is 13.0. The van der Waals surface area contributed by atoms with Crippen molar-refractivity contribution in [3.8, 4) is 0 Å². The highest BCUT2D eigenvalue weighted by molar-refractivity contribution is 7.93. The summed E-state index contributed by atoms with van der Waals surface area (Å²) in [6, 6.07) is 3.58. The Hall–Kier alpha value is -0.680. The summed E-state index contributed by atoms with van der Waals surface area (Å²) in [5, 5.41) is 0. The van der Waals surface area contributed by atoms with Crippen LogP contribution in [-0.2, 0) is 10.8 Å². The third-order valence-corrected chi connectivity index (χ3v) is 2.00. The van der Waals surface area contributed by atoms with Crippen LogP contribution in [0.3, 0.4) is 0 Å². The van der Waals surface area contributed by atoms with Crippen molar-refractivity contribution in [1.29, 1.82) is 0 Å². The Labute approximate surface area is 84.5 Å². The summed E-state index contributed by atoms with van der Waals surface area (Å²) in [5.74, 6) is -0.887. The highest BCUT2D eigenvalue weighted by Gasteiger charge is 2.12. The summed E-state index contributed by atoms with van der Waals surface area (Å²) in [6.07, 6.45) is -1.05. The molecular formula is C9H9F3OS. The largest absolute Gasteiger partial charge is 0.311 e. The normalized spacial score (nSPS) is 10.9. The van der Waals surface area contributed by atoms with Crippen LogP contribution in [0.1, 0.15) is 17.6 Å². The second kappa shape index (κ2) is 5.26. The molecule has 14 heavy (non-hydrogen) atoms. The lowest BCUT2D eigenvalue weighted by atomic mass is 10.1. The molecule has 1 nitrogen and oxygen atoms in total. The fourth-order valence-corrected chi connectivity index (χ4v) is 1.22. The fourth-order valence-electron chi connectivity index (χ4n) is 0.964. The molecule has 5 heteroatoms. The maximum Gasteiger partial charge on any atom is 0.266 e. The summed E-state index contributed by atoms with van der Waals surface area (Å²) >= 11 is 1.14. The molecule has 0 bridgehead atoms. The number of rotatable bonds is 4. The van der Waals surface area contributed by atoms with Gasteiger partial charge in [0.25, 0.3) is 6.43 Å². The van der Waals surface area contributed by atoms with Crippen molar-refractivity contribution in [3.63, 3.8) is 0 Å². The van der Waals surface area contributed by atoms with E-state index in [1.807, 2.05) is 0 Å². The Morgan fingerprint density at radius 1 is 1.43 bits per heavy atom. The van der Waals surface area contributed by atoms with Gasteiger partial charge < -0.3 is 4.18 Å². The van der Waals surface area contributed by atoms with Gasteiger partial charge in [0.05, 0.1) is 12.2 Å². The van der Waals surface area contributed by atoms with Crippen LogP contribution in [0.15, 0.2) is 18.2 Å². The highest BCUT2D eigenvalue weighted by atomic mass is 32.2. The molecule has 0 fully saturated rings. The van der Waals surface area contributed by atoms with Gasteiger partial charge in [0.15, 0.2) is 0 Å². The standard InChI is InChI=1S/C9H9F3OS/c1-14-13-5-6-2-3-7(9(11)12)8(10)4-6/h2-4,9H,5H2,1H3. The van der Waals surface area contributed by atoms with Gasteiger partial charge in [-0.2, -0.15) is 0 Å². The molecule has 1 aromatic rings. The summed E-state index contributed by atoms with van der Waals surface area (Å²) in [5.41, 5.74) is -0.0286. The molecule has 0 aromatic heterocycles. The molecule has 0 radical (unpaired) electrons. The Morgan fingerprint density at radius 2 is 2.14 bits per heavy atom. The van der Waals surface area contributed by atoms with Crippen molar-refractivity contribution in [2.24, 2.45) is 0 Å². The van der Waals surface area contributed by atoms with Crippen molar-refractivity contribution >= 4 is 12.0 Å². The van der Waals surface area contributed by atoms with Crippen molar-refractivity contribution in [2.75, 3.05) is 6.26 Å². The molecule has 0 saturated heterocycles. The van der Waals surface area contributed by atoms with E-state index >= 15 is 0 Å². The van der Waals surface area contributed by atoms with E-state index < -0.39 is 17.8 Å². The Bertz CT molecular complexity index is 304. The molecule has 0 heterocycles. The first-order chi connectivity index (χ1) is 6.65. The highest BCUT2D eigenvalue weighted by Crippen LogP contribution is 2.23. The van der Waals surface area contributed by atoms with Gasteiger partial charge in [-0.15, -0.1) is 0 Å². The van der Waals surface area contributed by atoms with Crippen molar-refractivity contribution < 1.29 is 17.4 Å². The predicted molar refractivity (Wildman–Crippen MR) is 49.7 cm³/mol. The van der Waals surface area contributed by atoms with Crippen LogP contribution in [0.25, 0.3) is 0 Å². The number of benzene rings is 1. The zero-order chi connectivity index (χ0) is 10.6. The summed E-state index contributed by atoms with van der Waals surface area (Å²) in [6.45, 7) is 0.210. The monoisotopic (exact) mass is 222 g/mol. The van der Waals surface area contributed by atoms with Crippen LogP contribution >= 0.6 is 12.0 Å². The van der Waals surface area contributed by atoms with E-state index in [4.69, 9.17) is 4.18 Å². The van der Waals surface area contributed by atoms with E-state index in [9.17, 15) is 13.2 Å². The predicted octanol–water partition coefficient (Wildman–Crippen LogP) is 3.56. The molecule has 0 saturated carbocycles. The minimum absolute atomic E-state index is 0.210. The lowest BCUT2D eigenvalue weighted by molar-refractivity contribution is 0.146. The topological polar surface area (TPSA) is 9.23 Å². The van der Waals surface area contributed by atoms with E-state index in [1.165, 1.54) is 6.07 Å². The fraction of sp³-hybridized carbons (Fsp3) is 0.333. The molecule has 78 valence electrons. The Balaban J connectivity index is 2.78. The summed E-state index contributed by atoms with van der Waals surface area (Å²) in [7, 11) is 0. The first-order valence-electron chi connectivity index (χ1n) is 3.87. The van der Waals surface area contributed by atoms with Crippen LogP contribution in [0, 0.1) is 5.82 Å². The zero-order valence-corrected chi connectivity index (χ0v) is 8.28. The van der Waals surface area contributed by atoms with Gasteiger partial charge in [-0.1, -0.05) is 12.1 Å². The van der Waals surface area contributed by atoms with Gasteiger partial charge in [0, 0.05) is 6.26 Å². The molecule has 0 atom stereocenters. The van der Waals surface area contributed by atoms with Crippen molar-refractivity contribution in [1.82, 2.24) is 0 Å². The first kappa shape index (κ1) is 11.4. The van der Waals surface area contributed by atoms with Crippen LogP contribution < -0.4 is 0 Å². The number of halogens is 3. The van der Waals surface area contributed by atoms with E-state index in [1.54, 1.807) is 6.26 Å². The Morgan fingerprint density at radius 3 is 2.64 bits per heavy atom. The van der Waals surface area contributed by atoms with Gasteiger partial charge in [0.1, 0.15) is 5.82 Å². The van der Waals surface area contributed by atoms with Gasteiger partial charge in [-0.05, 0) is 23.7 Å². The minimum atomic E-state index is -2.77. The number of hydrogen-bond acceptors (Lipinski definition) is 2. The lowest BCUT2D eigenvalue weighted by Crippen LogP contribution is -1.93. The van der Waals surface area contributed by atoms with E-state index in [0.29, 0.717) is 5.56 Å². The lowest BCUT2D eigenvalue weighted by Gasteiger charge is -2.04. The van der Waals surface area contributed by atoms with Crippen LogP contribution in [0.2, 0.25) is 0 Å². The summed E-state index contributed by atoms with van der Waals surface area (Å²) < 4.78 is 42.2. The van der Waals surface area contributed by atoms with Crippen molar-refractivity contribution in [2.45, 2.75) is 13.0 Å². The van der Waals surface area contributed by atoms with Gasteiger partial charge >= 0.3 is 0 Å². The molecule has 1 aromatic carbocycles. The quantitative estimate of drug-likeness (QED) is 0.720. The van der Waals surface area contributed by atoms with Crippen LogP contribution in [0.4, 0.5) is 13.2 Å².